The number of methoxy groups -OCH3 is 2. The number of benzene rings is 3. The largest absolute Gasteiger partial charge is 0.493 e. The van der Waals surface area contributed by atoms with Gasteiger partial charge in [0.2, 0.25) is 0 Å². The van der Waals surface area contributed by atoms with Gasteiger partial charge in [0.1, 0.15) is 12.1 Å². The van der Waals surface area contributed by atoms with Crippen LogP contribution in [0.15, 0.2) is 59.8 Å². The second-order valence-electron chi connectivity index (χ2n) is 8.72. The van der Waals surface area contributed by atoms with Crippen molar-refractivity contribution in [3.8, 4) is 11.5 Å². The first-order valence-corrected chi connectivity index (χ1v) is 12.6. The van der Waals surface area contributed by atoms with Crippen LogP contribution in [0.1, 0.15) is 22.3 Å². The number of nitrogens with one attached hydrogen (secondary N) is 1. The molecule has 3 aromatic carbocycles. The van der Waals surface area contributed by atoms with Crippen LogP contribution in [-0.2, 0) is 24.0 Å². The van der Waals surface area contributed by atoms with Gasteiger partial charge in [-0.25, -0.2) is 14.2 Å². The molecule has 1 aliphatic rings. The van der Waals surface area contributed by atoms with Gasteiger partial charge in [-0.3, -0.25) is 0 Å². The highest BCUT2D eigenvalue weighted by atomic mass is 32.2. The zero-order chi connectivity index (χ0) is 24.5. The third-order valence-corrected chi connectivity index (χ3v) is 7.65. The van der Waals surface area contributed by atoms with E-state index in [0.717, 1.165) is 51.4 Å². The second kappa shape index (κ2) is 9.54. The predicted molar refractivity (Wildman–Crippen MR) is 140 cm³/mol. The van der Waals surface area contributed by atoms with Gasteiger partial charge in [0.15, 0.2) is 22.5 Å². The van der Waals surface area contributed by atoms with Crippen molar-refractivity contribution in [3.05, 3.63) is 77.1 Å². The quantitative estimate of drug-likeness (QED) is 0.413. The molecule has 1 atom stereocenters. The van der Waals surface area contributed by atoms with E-state index < -0.39 is 11.0 Å². The minimum absolute atomic E-state index is 0.640. The Morgan fingerprint density at radius 2 is 1.74 bits per heavy atom. The third-order valence-electron chi connectivity index (χ3n) is 6.39. The van der Waals surface area contributed by atoms with Gasteiger partial charge in [0.25, 0.3) is 0 Å². The third kappa shape index (κ3) is 4.53. The number of nitrogens with zero attached hydrogens (tertiary/aromatic N) is 3. The average Bonchev–Trinajstić information content (AvgIpc) is 2.88. The summed E-state index contributed by atoms with van der Waals surface area (Å²) in [6, 6.07) is 16.1. The summed E-state index contributed by atoms with van der Waals surface area (Å²) in [6.45, 7) is 5.53. The fraction of sp³-hybridized carbons (Fsp3) is 0.259. The highest BCUT2D eigenvalue weighted by Crippen LogP contribution is 2.36. The van der Waals surface area contributed by atoms with E-state index in [1.807, 2.05) is 50.2 Å². The second-order valence-corrected chi connectivity index (χ2v) is 9.90. The van der Waals surface area contributed by atoms with Gasteiger partial charge >= 0.3 is 0 Å². The Balaban J connectivity index is 1.43. The Hall–Kier alpha value is -3.65. The van der Waals surface area contributed by atoms with Gasteiger partial charge in [-0.2, -0.15) is 0 Å². The number of hydrogen-bond acceptors (Lipinski definition) is 6. The Morgan fingerprint density at radius 3 is 2.54 bits per heavy atom. The lowest BCUT2D eigenvalue weighted by molar-refractivity contribution is 0.356. The lowest BCUT2D eigenvalue weighted by Crippen LogP contribution is -2.31. The van der Waals surface area contributed by atoms with Crippen LogP contribution in [0.4, 0.5) is 11.5 Å². The molecule has 35 heavy (non-hydrogen) atoms. The van der Waals surface area contributed by atoms with Crippen LogP contribution in [0.5, 0.6) is 11.5 Å². The van der Waals surface area contributed by atoms with Crippen LogP contribution in [0.3, 0.4) is 0 Å². The summed E-state index contributed by atoms with van der Waals surface area (Å²) in [6.07, 6.45) is 2.49. The molecule has 0 fully saturated rings. The van der Waals surface area contributed by atoms with Crippen LogP contribution in [0, 0.1) is 13.8 Å². The van der Waals surface area contributed by atoms with Crippen molar-refractivity contribution in [2.45, 2.75) is 31.7 Å². The number of aryl methyl sites for hydroxylation is 2. The predicted octanol–water partition coefficient (Wildman–Crippen LogP) is 4.96. The lowest BCUT2D eigenvalue weighted by Gasteiger charge is -2.31. The molecule has 0 spiro atoms. The van der Waals surface area contributed by atoms with Crippen LogP contribution >= 0.6 is 0 Å². The van der Waals surface area contributed by atoms with E-state index in [1.165, 1.54) is 11.1 Å². The number of anilines is 2. The molecule has 0 saturated heterocycles. The summed E-state index contributed by atoms with van der Waals surface area (Å²) in [5.41, 5.74) is 6.22. The Kier molecular flexibility index (Phi) is 6.30. The van der Waals surface area contributed by atoms with E-state index in [1.54, 1.807) is 20.5 Å². The molecule has 0 amide bonds. The Morgan fingerprint density at radius 1 is 0.943 bits per heavy atom. The van der Waals surface area contributed by atoms with E-state index in [0.29, 0.717) is 18.0 Å². The maximum absolute atomic E-state index is 13.1. The standard InChI is InChI=1S/C27H28N4O3S/c1-17-5-6-18(2)26(11-17)35(32)30-21-8-7-19-9-10-31(15-20(19)12-21)27-22-13-24(33-3)25(34-4)14-23(22)28-16-29-27/h5-8,11-14,16,30H,9-10,15H2,1-4H3. The molecule has 0 radical (unpaired) electrons. The van der Waals surface area contributed by atoms with Crippen molar-refractivity contribution in [2.24, 2.45) is 0 Å². The fourth-order valence-electron chi connectivity index (χ4n) is 4.49. The van der Waals surface area contributed by atoms with E-state index in [4.69, 9.17) is 9.47 Å². The Labute approximate surface area is 207 Å². The maximum Gasteiger partial charge on any atom is 0.162 e. The SMILES string of the molecule is COc1cc2ncnc(N3CCc4ccc(NS(=O)c5cc(C)ccc5C)cc4C3)c2cc1OC. The fourth-order valence-corrected chi connectivity index (χ4v) is 5.60. The summed E-state index contributed by atoms with van der Waals surface area (Å²) in [5.74, 6) is 2.15. The molecule has 7 nitrogen and oxygen atoms in total. The molecule has 180 valence electrons. The molecule has 5 rings (SSSR count). The first-order valence-electron chi connectivity index (χ1n) is 11.5. The van der Waals surface area contributed by atoms with Gasteiger partial charge < -0.3 is 19.1 Å². The van der Waals surface area contributed by atoms with E-state index in [2.05, 4.69) is 31.7 Å². The van der Waals surface area contributed by atoms with Gasteiger partial charge in [-0.1, -0.05) is 18.2 Å². The van der Waals surface area contributed by atoms with Gasteiger partial charge in [-0.15, -0.1) is 0 Å². The van der Waals surface area contributed by atoms with Crippen molar-refractivity contribution in [1.29, 1.82) is 0 Å². The molecule has 2 heterocycles. The topological polar surface area (TPSA) is 76.6 Å². The molecule has 1 aliphatic heterocycles. The molecule has 0 saturated carbocycles. The molecule has 0 bridgehead atoms. The maximum atomic E-state index is 13.1. The van der Waals surface area contributed by atoms with Gasteiger partial charge in [0, 0.05) is 30.2 Å². The zero-order valence-electron chi connectivity index (χ0n) is 20.3. The Bertz CT molecular complexity index is 1440. The number of hydrogen-bond donors (Lipinski definition) is 1. The summed E-state index contributed by atoms with van der Waals surface area (Å²) in [4.78, 5) is 12.1. The minimum atomic E-state index is -1.34. The first-order chi connectivity index (χ1) is 17.0. The van der Waals surface area contributed by atoms with Crippen molar-refractivity contribution in [3.63, 3.8) is 0 Å². The van der Waals surface area contributed by atoms with Crippen LogP contribution in [-0.4, -0.2) is 34.9 Å². The van der Waals surface area contributed by atoms with Crippen LogP contribution in [0.2, 0.25) is 0 Å². The summed E-state index contributed by atoms with van der Waals surface area (Å²) in [7, 11) is 1.91. The molecule has 4 aromatic rings. The molecule has 1 aromatic heterocycles. The monoisotopic (exact) mass is 488 g/mol. The summed E-state index contributed by atoms with van der Waals surface area (Å²) in [5, 5.41) is 0.916. The van der Waals surface area contributed by atoms with Crippen molar-refractivity contribution >= 4 is 33.4 Å². The average molecular weight is 489 g/mol. The van der Waals surface area contributed by atoms with Crippen LogP contribution in [0.25, 0.3) is 10.9 Å². The van der Waals surface area contributed by atoms with Crippen molar-refractivity contribution < 1.29 is 13.7 Å². The molecule has 1 N–H and O–H groups in total. The lowest BCUT2D eigenvalue weighted by atomic mass is 9.99. The van der Waals surface area contributed by atoms with E-state index >= 15 is 0 Å². The van der Waals surface area contributed by atoms with Gasteiger partial charge in [0.05, 0.1) is 24.6 Å². The summed E-state index contributed by atoms with van der Waals surface area (Å²) < 4.78 is 27.2. The number of aromatic nitrogens is 2. The highest BCUT2D eigenvalue weighted by molar-refractivity contribution is 7.86. The van der Waals surface area contributed by atoms with E-state index in [9.17, 15) is 4.21 Å². The number of rotatable bonds is 6. The zero-order valence-corrected chi connectivity index (χ0v) is 21.1. The normalized spacial score (nSPS) is 13.9. The minimum Gasteiger partial charge on any atom is -0.493 e. The van der Waals surface area contributed by atoms with Crippen molar-refractivity contribution in [1.82, 2.24) is 9.97 Å². The highest BCUT2D eigenvalue weighted by Gasteiger charge is 2.21. The van der Waals surface area contributed by atoms with E-state index in [-0.39, 0.29) is 0 Å². The first kappa shape index (κ1) is 23.1. The van der Waals surface area contributed by atoms with Gasteiger partial charge in [-0.05, 0) is 66.8 Å². The molecular weight excluding hydrogens is 460 g/mol. The molecule has 1 unspecified atom stereocenters. The number of fused-ring (bicyclic) bond motifs is 2. The molecular formula is C27H28N4O3S. The van der Waals surface area contributed by atoms with Crippen LogP contribution < -0.4 is 19.1 Å². The van der Waals surface area contributed by atoms with Crippen molar-refractivity contribution in [2.75, 3.05) is 30.4 Å². The molecule has 8 heteroatoms. The smallest absolute Gasteiger partial charge is 0.162 e. The molecule has 0 aliphatic carbocycles. The number of ether oxygens (including phenoxy) is 2. The summed E-state index contributed by atoms with van der Waals surface area (Å²) >= 11 is 0.